The maximum absolute atomic E-state index is 11.8. The number of nitrogens with one attached hydrogen (secondary N) is 1. The number of aromatic nitrogens is 2. The summed E-state index contributed by atoms with van der Waals surface area (Å²) in [4.78, 5) is 18.0. The van der Waals surface area contributed by atoms with Crippen molar-refractivity contribution in [2.45, 2.75) is 39.0 Å². The molecule has 6 heteroatoms. The molecule has 0 saturated carbocycles. The van der Waals surface area contributed by atoms with Crippen LogP contribution in [-0.2, 0) is 6.42 Å². The second kappa shape index (κ2) is 5.84. The van der Waals surface area contributed by atoms with E-state index >= 15 is 0 Å². The van der Waals surface area contributed by atoms with Crippen molar-refractivity contribution in [3.8, 4) is 0 Å². The number of carbonyl (C=O) groups is 1. The molecule has 0 aliphatic carbocycles. The first kappa shape index (κ1) is 12.9. The first-order valence-corrected chi connectivity index (χ1v) is 6.59. The van der Waals surface area contributed by atoms with E-state index in [2.05, 4.69) is 15.5 Å². The van der Waals surface area contributed by atoms with Crippen molar-refractivity contribution in [2.24, 2.45) is 0 Å². The molecule has 0 spiro atoms. The number of hydrogen-bond acceptors (Lipinski definition) is 4. The van der Waals surface area contributed by atoms with Gasteiger partial charge in [-0.15, -0.1) is 0 Å². The van der Waals surface area contributed by atoms with E-state index in [1.165, 1.54) is 0 Å². The molecule has 1 aromatic rings. The summed E-state index contributed by atoms with van der Waals surface area (Å²) < 4.78 is 5.13. The van der Waals surface area contributed by atoms with Gasteiger partial charge in [-0.2, -0.15) is 4.98 Å². The van der Waals surface area contributed by atoms with Crippen molar-refractivity contribution in [3.05, 3.63) is 11.7 Å². The third-order valence-electron chi connectivity index (χ3n) is 3.19. The molecular formula is C12H20N4O2. The lowest BCUT2D eigenvalue weighted by Gasteiger charge is -2.31. The molecule has 0 unspecified atom stereocenters. The van der Waals surface area contributed by atoms with Gasteiger partial charge in [0.2, 0.25) is 5.89 Å². The zero-order chi connectivity index (χ0) is 13.0. The molecule has 1 N–H and O–H groups in total. The highest BCUT2D eigenvalue weighted by molar-refractivity contribution is 5.74. The number of amides is 2. The van der Waals surface area contributed by atoms with Crippen LogP contribution in [-0.4, -0.2) is 40.7 Å². The molecule has 2 heterocycles. The monoisotopic (exact) mass is 252 g/mol. The summed E-state index contributed by atoms with van der Waals surface area (Å²) in [5, 5.41) is 6.83. The van der Waals surface area contributed by atoms with Crippen LogP contribution in [0.1, 0.15) is 44.3 Å². The van der Waals surface area contributed by atoms with E-state index < -0.39 is 0 Å². The van der Waals surface area contributed by atoms with E-state index in [4.69, 9.17) is 4.52 Å². The molecule has 0 radical (unpaired) electrons. The minimum atomic E-state index is 0.00131. The Morgan fingerprint density at radius 3 is 3.06 bits per heavy atom. The largest absolute Gasteiger partial charge is 0.339 e. The quantitative estimate of drug-likeness (QED) is 0.885. The van der Waals surface area contributed by atoms with Crippen LogP contribution in [0.3, 0.4) is 0 Å². The molecule has 1 atom stereocenters. The molecule has 1 aromatic heterocycles. The van der Waals surface area contributed by atoms with Gasteiger partial charge in [0.15, 0.2) is 5.82 Å². The summed E-state index contributed by atoms with van der Waals surface area (Å²) in [5.74, 6) is 1.60. The Bertz CT molecular complexity index is 405. The molecule has 1 saturated heterocycles. The van der Waals surface area contributed by atoms with Crippen LogP contribution < -0.4 is 5.32 Å². The van der Waals surface area contributed by atoms with E-state index in [9.17, 15) is 4.79 Å². The highest BCUT2D eigenvalue weighted by Gasteiger charge is 2.27. The van der Waals surface area contributed by atoms with Gasteiger partial charge in [-0.3, -0.25) is 0 Å². The minimum absolute atomic E-state index is 0.00131. The summed E-state index contributed by atoms with van der Waals surface area (Å²) in [6.07, 6.45) is 2.75. The molecule has 0 bridgehead atoms. The Kier molecular flexibility index (Phi) is 4.17. The third kappa shape index (κ3) is 2.80. The van der Waals surface area contributed by atoms with Gasteiger partial charge in [-0.1, -0.05) is 12.1 Å². The summed E-state index contributed by atoms with van der Waals surface area (Å²) in [6.45, 7) is 6.04. The molecule has 18 heavy (non-hydrogen) atoms. The number of carbonyl (C=O) groups excluding carboxylic acids is 1. The van der Waals surface area contributed by atoms with E-state index in [0.717, 1.165) is 31.6 Å². The number of rotatable bonds is 3. The van der Waals surface area contributed by atoms with Gasteiger partial charge in [0.05, 0.1) is 0 Å². The van der Waals surface area contributed by atoms with Crippen molar-refractivity contribution in [2.75, 3.05) is 19.6 Å². The van der Waals surface area contributed by atoms with Crippen LogP contribution in [0.25, 0.3) is 0 Å². The zero-order valence-corrected chi connectivity index (χ0v) is 11.0. The fraction of sp³-hybridized carbons (Fsp3) is 0.750. The highest BCUT2D eigenvalue weighted by atomic mass is 16.5. The Balaban J connectivity index is 1.99. The molecule has 1 aliphatic heterocycles. The van der Waals surface area contributed by atoms with E-state index in [1.54, 1.807) is 0 Å². The van der Waals surface area contributed by atoms with E-state index in [-0.39, 0.29) is 11.9 Å². The van der Waals surface area contributed by atoms with Crippen LogP contribution in [0.2, 0.25) is 0 Å². The number of urea groups is 1. The van der Waals surface area contributed by atoms with Crippen molar-refractivity contribution in [1.82, 2.24) is 20.4 Å². The second-order valence-corrected chi connectivity index (χ2v) is 4.52. The van der Waals surface area contributed by atoms with E-state index in [1.807, 2.05) is 18.7 Å². The predicted molar refractivity (Wildman–Crippen MR) is 66.3 cm³/mol. The fourth-order valence-electron chi connectivity index (χ4n) is 2.21. The smallest absolute Gasteiger partial charge is 0.317 e. The predicted octanol–water partition coefficient (Wildman–Crippen LogP) is 1.54. The lowest BCUT2D eigenvalue weighted by atomic mass is 9.98. The SMILES string of the molecule is CCNC(=O)N1CCC[C@@H](c2noc(CC)n2)C1. The van der Waals surface area contributed by atoms with Crippen LogP contribution in [0.5, 0.6) is 0 Å². The topological polar surface area (TPSA) is 71.3 Å². The number of hydrogen-bond donors (Lipinski definition) is 1. The Hall–Kier alpha value is -1.59. The summed E-state index contributed by atoms with van der Waals surface area (Å²) in [6, 6.07) is 0.00131. The van der Waals surface area contributed by atoms with Crippen LogP contribution in [0, 0.1) is 0 Å². The van der Waals surface area contributed by atoms with Crippen molar-refractivity contribution in [1.29, 1.82) is 0 Å². The molecule has 0 aromatic carbocycles. The van der Waals surface area contributed by atoms with Gasteiger partial charge in [-0.25, -0.2) is 4.79 Å². The van der Waals surface area contributed by atoms with Crippen LogP contribution >= 0.6 is 0 Å². The maximum atomic E-state index is 11.8. The number of piperidine rings is 1. The number of aryl methyl sites for hydroxylation is 1. The summed E-state index contributed by atoms with van der Waals surface area (Å²) in [7, 11) is 0. The number of nitrogens with zero attached hydrogens (tertiary/aromatic N) is 3. The van der Waals surface area contributed by atoms with E-state index in [0.29, 0.717) is 19.0 Å². The molecule has 2 amide bonds. The molecular weight excluding hydrogens is 232 g/mol. The van der Waals surface area contributed by atoms with Crippen molar-refractivity contribution in [3.63, 3.8) is 0 Å². The molecule has 6 nitrogen and oxygen atoms in total. The Morgan fingerprint density at radius 1 is 1.56 bits per heavy atom. The first-order chi connectivity index (χ1) is 8.74. The average Bonchev–Trinajstić information content (AvgIpc) is 2.88. The molecule has 2 rings (SSSR count). The minimum Gasteiger partial charge on any atom is -0.339 e. The number of likely N-dealkylation sites (tertiary alicyclic amines) is 1. The Morgan fingerprint density at radius 2 is 2.39 bits per heavy atom. The highest BCUT2D eigenvalue weighted by Crippen LogP contribution is 2.24. The van der Waals surface area contributed by atoms with Crippen molar-refractivity contribution >= 4 is 6.03 Å². The molecule has 1 aliphatic rings. The average molecular weight is 252 g/mol. The van der Waals surface area contributed by atoms with Gasteiger partial charge in [0.1, 0.15) is 0 Å². The standard InChI is InChI=1S/C12H20N4O2/c1-3-10-14-11(15-18-10)9-6-5-7-16(8-9)12(17)13-4-2/h9H,3-8H2,1-2H3,(H,13,17)/t9-/m1/s1. The lowest BCUT2D eigenvalue weighted by Crippen LogP contribution is -2.45. The normalized spacial score (nSPS) is 19.9. The lowest BCUT2D eigenvalue weighted by molar-refractivity contribution is 0.178. The van der Waals surface area contributed by atoms with Gasteiger partial charge < -0.3 is 14.7 Å². The van der Waals surface area contributed by atoms with Gasteiger partial charge >= 0.3 is 6.03 Å². The van der Waals surface area contributed by atoms with Gasteiger partial charge in [-0.05, 0) is 19.8 Å². The third-order valence-corrected chi connectivity index (χ3v) is 3.19. The molecule has 1 fully saturated rings. The maximum Gasteiger partial charge on any atom is 0.317 e. The summed E-state index contributed by atoms with van der Waals surface area (Å²) in [5.41, 5.74) is 0. The zero-order valence-electron chi connectivity index (χ0n) is 11.0. The second-order valence-electron chi connectivity index (χ2n) is 4.52. The molecule has 100 valence electrons. The Labute approximate surface area is 107 Å². The first-order valence-electron chi connectivity index (χ1n) is 6.59. The van der Waals surface area contributed by atoms with Gasteiger partial charge in [0.25, 0.3) is 0 Å². The van der Waals surface area contributed by atoms with Gasteiger partial charge in [0, 0.05) is 32.0 Å². The van der Waals surface area contributed by atoms with Crippen LogP contribution in [0.4, 0.5) is 4.79 Å². The van der Waals surface area contributed by atoms with Crippen molar-refractivity contribution < 1.29 is 9.32 Å². The summed E-state index contributed by atoms with van der Waals surface area (Å²) >= 11 is 0. The fourth-order valence-corrected chi connectivity index (χ4v) is 2.21. The van der Waals surface area contributed by atoms with Crippen LogP contribution in [0.15, 0.2) is 4.52 Å².